The Morgan fingerprint density at radius 2 is 1.65 bits per heavy atom. The van der Waals surface area contributed by atoms with Gasteiger partial charge in [-0.3, -0.25) is 0 Å². The van der Waals surface area contributed by atoms with Gasteiger partial charge < -0.3 is 10.1 Å². The van der Waals surface area contributed by atoms with Gasteiger partial charge in [-0.25, -0.2) is 0 Å². The number of rotatable bonds is 5. The van der Waals surface area contributed by atoms with E-state index in [0.717, 1.165) is 12.3 Å². The molecule has 0 spiro atoms. The molecule has 0 aromatic heterocycles. The predicted octanol–water partition coefficient (Wildman–Crippen LogP) is 6.02. The van der Waals surface area contributed by atoms with E-state index < -0.39 is 0 Å². The fourth-order valence-corrected chi connectivity index (χ4v) is 5.21. The topological polar surface area (TPSA) is 21.3 Å². The smallest absolute Gasteiger partial charge is 0.121 e. The number of aryl methyl sites for hydroxylation is 2. The fourth-order valence-electron chi connectivity index (χ4n) is 5.21. The molecule has 0 unspecified atom stereocenters. The Hall–Kier alpha value is -1.96. The van der Waals surface area contributed by atoms with Gasteiger partial charge in [-0.2, -0.15) is 0 Å². The summed E-state index contributed by atoms with van der Waals surface area (Å²) in [6.07, 6.45) is 8.02. The maximum Gasteiger partial charge on any atom is 0.121 e. The lowest BCUT2D eigenvalue weighted by molar-refractivity contribution is 0.0505. The second kappa shape index (κ2) is 6.64. The summed E-state index contributed by atoms with van der Waals surface area (Å²) in [6, 6.07) is 15.6. The molecule has 0 atom stereocenters. The Labute approximate surface area is 158 Å². The predicted molar refractivity (Wildman–Crippen MR) is 109 cm³/mol. The molecule has 0 radical (unpaired) electrons. The average Bonchev–Trinajstić information content (AvgIpc) is 2.68. The SMILES string of the molecule is COc1ccc(C23CCC(CNc4cccc(C)c4)(CC2)CC3)cc1C. The molecule has 2 nitrogen and oxygen atoms in total. The molecule has 5 rings (SSSR count). The molecule has 0 aliphatic heterocycles. The first-order valence-corrected chi connectivity index (χ1v) is 10.0. The normalized spacial score (nSPS) is 27.3. The summed E-state index contributed by atoms with van der Waals surface area (Å²) in [4.78, 5) is 0. The third kappa shape index (κ3) is 3.11. The van der Waals surface area contributed by atoms with Gasteiger partial charge in [0.05, 0.1) is 7.11 Å². The Balaban J connectivity index is 1.45. The van der Waals surface area contributed by atoms with Gasteiger partial charge in [-0.1, -0.05) is 24.3 Å². The third-order valence-corrected chi connectivity index (χ3v) is 7.09. The first kappa shape index (κ1) is 17.5. The van der Waals surface area contributed by atoms with Gasteiger partial charge in [0.15, 0.2) is 0 Å². The quantitative estimate of drug-likeness (QED) is 0.713. The van der Waals surface area contributed by atoms with Crippen molar-refractivity contribution in [1.82, 2.24) is 0 Å². The lowest BCUT2D eigenvalue weighted by atomic mass is 9.52. The summed E-state index contributed by atoms with van der Waals surface area (Å²) >= 11 is 0. The number of anilines is 1. The van der Waals surface area contributed by atoms with Gasteiger partial charge in [0, 0.05) is 12.2 Å². The summed E-state index contributed by atoms with van der Waals surface area (Å²) in [5.41, 5.74) is 6.30. The van der Waals surface area contributed by atoms with Gasteiger partial charge in [0.1, 0.15) is 5.75 Å². The molecule has 26 heavy (non-hydrogen) atoms. The zero-order chi connectivity index (χ0) is 18.2. The second-order valence-electron chi connectivity index (χ2n) is 8.69. The Kier molecular flexibility index (Phi) is 4.46. The van der Waals surface area contributed by atoms with Crippen molar-refractivity contribution in [3.05, 3.63) is 59.2 Å². The first-order valence-electron chi connectivity index (χ1n) is 10.0. The van der Waals surface area contributed by atoms with Crippen LogP contribution in [0.3, 0.4) is 0 Å². The van der Waals surface area contributed by atoms with Crippen molar-refractivity contribution in [2.75, 3.05) is 19.0 Å². The summed E-state index contributed by atoms with van der Waals surface area (Å²) in [5, 5.41) is 3.73. The lowest BCUT2D eigenvalue weighted by Crippen LogP contribution is -2.47. The molecular weight excluding hydrogens is 318 g/mol. The van der Waals surface area contributed by atoms with Gasteiger partial charge in [-0.15, -0.1) is 0 Å². The molecule has 2 aromatic rings. The Morgan fingerprint density at radius 1 is 0.923 bits per heavy atom. The minimum absolute atomic E-state index is 0.405. The molecule has 2 aromatic carbocycles. The van der Waals surface area contributed by atoms with Gasteiger partial charge >= 0.3 is 0 Å². The number of hydrogen-bond acceptors (Lipinski definition) is 2. The van der Waals surface area contributed by atoms with Gasteiger partial charge in [0.2, 0.25) is 0 Å². The Morgan fingerprint density at radius 3 is 2.27 bits per heavy atom. The van der Waals surface area contributed by atoms with E-state index in [1.807, 2.05) is 0 Å². The summed E-state index contributed by atoms with van der Waals surface area (Å²) in [6.45, 7) is 5.45. The number of benzene rings is 2. The number of fused-ring (bicyclic) bond motifs is 3. The highest BCUT2D eigenvalue weighted by Gasteiger charge is 2.49. The van der Waals surface area contributed by atoms with E-state index in [-0.39, 0.29) is 0 Å². The van der Waals surface area contributed by atoms with Crippen LogP contribution in [0.15, 0.2) is 42.5 Å². The van der Waals surface area contributed by atoms with Crippen molar-refractivity contribution in [2.24, 2.45) is 5.41 Å². The molecule has 2 bridgehead atoms. The van der Waals surface area contributed by atoms with E-state index >= 15 is 0 Å². The summed E-state index contributed by atoms with van der Waals surface area (Å²) in [7, 11) is 1.76. The third-order valence-electron chi connectivity index (χ3n) is 7.09. The van der Waals surface area contributed by atoms with Crippen LogP contribution in [0.25, 0.3) is 0 Å². The number of ether oxygens (including phenoxy) is 1. The van der Waals surface area contributed by atoms with E-state index in [0.29, 0.717) is 10.8 Å². The van der Waals surface area contributed by atoms with Crippen LogP contribution in [0.4, 0.5) is 5.69 Å². The summed E-state index contributed by atoms with van der Waals surface area (Å²) < 4.78 is 5.45. The van der Waals surface area contributed by atoms with Crippen LogP contribution in [-0.2, 0) is 5.41 Å². The van der Waals surface area contributed by atoms with Crippen molar-refractivity contribution < 1.29 is 4.74 Å². The highest BCUT2D eigenvalue weighted by Crippen LogP contribution is 2.57. The van der Waals surface area contributed by atoms with Crippen LogP contribution in [-0.4, -0.2) is 13.7 Å². The van der Waals surface area contributed by atoms with Crippen molar-refractivity contribution in [2.45, 2.75) is 57.8 Å². The number of methoxy groups -OCH3 is 1. The van der Waals surface area contributed by atoms with Gasteiger partial charge in [0.25, 0.3) is 0 Å². The lowest BCUT2D eigenvalue weighted by Gasteiger charge is -2.54. The molecule has 0 saturated heterocycles. The average molecular weight is 350 g/mol. The Bertz CT molecular complexity index is 770. The van der Waals surface area contributed by atoms with Crippen LogP contribution < -0.4 is 10.1 Å². The highest BCUT2D eigenvalue weighted by atomic mass is 16.5. The molecule has 1 N–H and O–H groups in total. The van der Waals surface area contributed by atoms with Crippen molar-refractivity contribution >= 4 is 5.69 Å². The van der Waals surface area contributed by atoms with E-state index in [4.69, 9.17) is 4.74 Å². The second-order valence-corrected chi connectivity index (χ2v) is 8.69. The van der Waals surface area contributed by atoms with Crippen LogP contribution in [0.5, 0.6) is 5.75 Å². The van der Waals surface area contributed by atoms with E-state index in [1.165, 1.54) is 60.9 Å². The molecular formula is C24H31NO. The molecule has 138 valence electrons. The fraction of sp³-hybridized carbons (Fsp3) is 0.500. The molecule has 3 aliphatic rings. The van der Waals surface area contributed by atoms with Gasteiger partial charge in [-0.05, 0) is 98.1 Å². The van der Waals surface area contributed by atoms with Crippen molar-refractivity contribution in [1.29, 1.82) is 0 Å². The minimum atomic E-state index is 0.405. The molecule has 2 heteroatoms. The highest BCUT2D eigenvalue weighted by molar-refractivity contribution is 5.46. The maximum absolute atomic E-state index is 5.45. The van der Waals surface area contributed by atoms with Crippen LogP contribution in [0.2, 0.25) is 0 Å². The summed E-state index contributed by atoms with van der Waals surface area (Å²) in [5.74, 6) is 1.01. The van der Waals surface area contributed by atoms with Crippen LogP contribution in [0, 0.1) is 19.3 Å². The van der Waals surface area contributed by atoms with Crippen LogP contribution >= 0.6 is 0 Å². The van der Waals surface area contributed by atoms with E-state index in [9.17, 15) is 0 Å². The van der Waals surface area contributed by atoms with Crippen molar-refractivity contribution in [3.8, 4) is 5.75 Å². The number of nitrogens with one attached hydrogen (secondary N) is 1. The zero-order valence-corrected chi connectivity index (χ0v) is 16.4. The van der Waals surface area contributed by atoms with Crippen molar-refractivity contribution in [3.63, 3.8) is 0 Å². The zero-order valence-electron chi connectivity index (χ0n) is 16.4. The van der Waals surface area contributed by atoms with Crippen LogP contribution in [0.1, 0.15) is 55.2 Å². The molecule has 0 amide bonds. The molecule has 3 saturated carbocycles. The van der Waals surface area contributed by atoms with E-state index in [2.05, 4.69) is 61.6 Å². The molecule has 3 aliphatic carbocycles. The minimum Gasteiger partial charge on any atom is -0.496 e. The monoisotopic (exact) mass is 349 g/mol. The number of hydrogen-bond donors (Lipinski definition) is 1. The standard InChI is InChI=1S/C24H31NO/c1-18-5-4-6-21(15-18)25-17-23-9-12-24(13-10-23,14-11-23)20-7-8-22(26-3)19(2)16-20/h4-8,15-16,25H,9-14,17H2,1-3H3. The molecule has 3 fully saturated rings. The maximum atomic E-state index is 5.45. The first-order chi connectivity index (χ1) is 12.5. The molecule has 0 heterocycles. The van der Waals surface area contributed by atoms with E-state index in [1.54, 1.807) is 7.11 Å². The largest absolute Gasteiger partial charge is 0.496 e.